The molecule has 0 aromatic heterocycles. The Hall–Kier alpha value is -1.57. The predicted molar refractivity (Wildman–Crippen MR) is 68.5 cm³/mol. The van der Waals surface area contributed by atoms with Crippen LogP contribution < -0.4 is 4.74 Å². The normalized spacial score (nSPS) is 20.3. The number of rotatable bonds is 4. The third-order valence-corrected chi connectivity index (χ3v) is 3.10. The number of likely N-dealkylation sites (N-methyl/N-ethyl adjacent to an activating group) is 1. The summed E-state index contributed by atoms with van der Waals surface area (Å²) in [7, 11) is 0. The Morgan fingerprint density at radius 1 is 1.50 bits per heavy atom. The number of nitriles is 1. The molecule has 1 aliphatic heterocycles. The van der Waals surface area contributed by atoms with Crippen LogP contribution in [0.1, 0.15) is 12.5 Å². The van der Waals surface area contributed by atoms with Gasteiger partial charge in [0.2, 0.25) is 0 Å². The molecular formula is C14H18N2O2. The maximum atomic E-state index is 8.97. The quantitative estimate of drug-likeness (QED) is 0.810. The summed E-state index contributed by atoms with van der Waals surface area (Å²) in [4.78, 5) is 2.34. The fourth-order valence-electron chi connectivity index (χ4n) is 2.04. The highest BCUT2D eigenvalue weighted by atomic mass is 16.5. The van der Waals surface area contributed by atoms with Gasteiger partial charge in [-0.25, -0.2) is 0 Å². The van der Waals surface area contributed by atoms with E-state index in [1.807, 2.05) is 18.2 Å². The van der Waals surface area contributed by atoms with Gasteiger partial charge in [0.1, 0.15) is 24.5 Å². The summed E-state index contributed by atoms with van der Waals surface area (Å²) in [6.45, 7) is 6.31. The number of hydrogen-bond donors (Lipinski definition) is 0. The van der Waals surface area contributed by atoms with Crippen LogP contribution in [0.25, 0.3) is 0 Å². The van der Waals surface area contributed by atoms with Crippen LogP contribution >= 0.6 is 0 Å². The Labute approximate surface area is 108 Å². The average Bonchev–Trinajstić information content (AvgIpc) is 2.45. The highest BCUT2D eigenvalue weighted by Gasteiger charge is 2.20. The molecule has 1 atom stereocenters. The summed E-state index contributed by atoms with van der Waals surface area (Å²) in [6, 6.07) is 9.41. The molecule has 0 amide bonds. The Kier molecular flexibility index (Phi) is 4.57. The van der Waals surface area contributed by atoms with Gasteiger partial charge in [0.05, 0.1) is 12.2 Å². The molecule has 18 heavy (non-hydrogen) atoms. The van der Waals surface area contributed by atoms with E-state index < -0.39 is 0 Å². The van der Waals surface area contributed by atoms with Crippen molar-refractivity contribution in [3.8, 4) is 11.8 Å². The van der Waals surface area contributed by atoms with E-state index in [1.165, 1.54) is 0 Å². The van der Waals surface area contributed by atoms with E-state index in [2.05, 4.69) is 17.9 Å². The lowest BCUT2D eigenvalue weighted by Gasteiger charge is -2.31. The maximum Gasteiger partial charge on any atom is 0.137 e. The van der Waals surface area contributed by atoms with Gasteiger partial charge in [-0.15, -0.1) is 0 Å². The number of ether oxygens (including phenoxy) is 2. The molecule has 1 fully saturated rings. The highest BCUT2D eigenvalue weighted by Crippen LogP contribution is 2.17. The zero-order valence-corrected chi connectivity index (χ0v) is 10.6. The van der Waals surface area contributed by atoms with Gasteiger partial charge in [-0.1, -0.05) is 19.1 Å². The lowest BCUT2D eigenvalue weighted by atomic mass is 10.2. The van der Waals surface area contributed by atoms with Gasteiger partial charge in [0.15, 0.2) is 0 Å². The van der Waals surface area contributed by atoms with Crippen molar-refractivity contribution in [1.29, 1.82) is 5.26 Å². The van der Waals surface area contributed by atoms with Gasteiger partial charge >= 0.3 is 0 Å². The topological polar surface area (TPSA) is 45.5 Å². The van der Waals surface area contributed by atoms with Crippen molar-refractivity contribution in [3.05, 3.63) is 29.8 Å². The van der Waals surface area contributed by atoms with Crippen molar-refractivity contribution < 1.29 is 9.47 Å². The number of benzene rings is 1. The minimum absolute atomic E-state index is 0.0884. The van der Waals surface area contributed by atoms with E-state index in [-0.39, 0.29) is 6.10 Å². The van der Waals surface area contributed by atoms with Gasteiger partial charge in [0.25, 0.3) is 0 Å². The number of nitrogens with zero attached hydrogens (tertiary/aromatic N) is 2. The van der Waals surface area contributed by atoms with E-state index in [0.717, 1.165) is 26.2 Å². The largest absolute Gasteiger partial charge is 0.489 e. The first-order valence-corrected chi connectivity index (χ1v) is 6.29. The highest BCUT2D eigenvalue weighted by molar-refractivity contribution is 5.42. The zero-order chi connectivity index (χ0) is 12.8. The standard InChI is InChI=1S/C14H18N2O2/c1-2-16-7-8-17-13(10-16)11-18-14-6-4-3-5-12(14)9-15/h3-6,13H,2,7-8,10-11H2,1H3. The van der Waals surface area contributed by atoms with Gasteiger partial charge in [-0.2, -0.15) is 5.26 Å². The predicted octanol–water partition coefficient (Wildman–Crippen LogP) is 1.66. The molecule has 0 N–H and O–H groups in total. The van der Waals surface area contributed by atoms with Crippen LogP contribution in [0.5, 0.6) is 5.75 Å². The summed E-state index contributed by atoms with van der Waals surface area (Å²) in [5.41, 5.74) is 0.570. The lowest BCUT2D eigenvalue weighted by Crippen LogP contribution is -2.44. The smallest absolute Gasteiger partial charge is 0.137 e. The van der Waals surface area contributed by atoms with Crippen molar-refractivity contribution in [2.75, 3.05) is 32.8 Å². The van der Waals surface area contributed by atoms with Crippen LogP contribution in [-0.2, 0) is 4.74 Å². The Balaban J connectivity index is 1.89. The summed E-state index contributed by atoms with van der Waals surface area (Å²) in [5, 5.41) is 8.97. The fraction of sp³-hybridized carbons (Fsp3) is 0.500. The summed E-state index contributed by atoms with van der Waals surface area (Å²) in [5.74, 6) is 0.636. The lowest BCUT2D eigenvalue weighted by molar-refractivity contribution is -0.0464. The SMILES string of the molecule is CCN1CCOC(COc2ccccc2C#N)C1. The molecule has 1 aromatic rings. The fourth-order valence-corrected chi connectivity index (χ4v) is 2.04. The molecule has 0 aliphatic carbocycles. The minimum atomic E-state index is 0.0884. The van der Waals surface area contributed by atoms with E-state index in [0.29, 0.717) is 17.9 Å². The first kappa shape index (κ1) is 12.9. The summed E-state index contributed by atoms with van der Waals surface area (Å²) >= 11 is 0. The molecule has 0 saturated carbocycles. The van der Waals surface area contributed by atoms with Gasteiger partial charge in [0, 0.05) is 13.1 Å². The molecule has 0 bridgehead atoms. The van der Waals surface area contributed by atoms with Crippen molar-refractivity contribution in [1.82, 2.24) is 4.90 Å². The molecule has 4 nitrogen and oxygen atoms in total. The summed E-state index contributed by atoms with van der Waals surface area (Å²) < 4.78 is 11.3. The first-order chi connectivity index (χ1) is 8.83. The van der Waals surface area contributed by atoms with Crippen LogP contribution in [0.15, 0.2) is 24.3 Å². The van der Waals surface area contributed by atoms with Crippen LogP contribution in [0.2, 0.25) is 0 Å². The van der Waals surface area contributed by atoms with E-state index in [9.17, 15) is 0 Å². The van der Waals surface area contributed by atoms with Crippen molar-refractivity contribution in [2.45, 2.75) is 13.0 Å². The molecule has 1 aromatic carbocycles. The van der Waals surface area contributed by atoms with Gasteiger partial charge in [-0.05, 0) is 18.7 Å². The van der Waals surface area contributed by atoms with Crippen LogP contribution in [0.4, 0.5) is 0 Å². The van der Waals surface area contributed by atoms with Gasteiger partial charge in [-0.3, -0.25) is 4.90 Å². The minimum Gasteiger partial charge on any atom is -0.489 e. The molecule has 4 heteroatoms. The third kappa shape index (κ3) is 3.22. The average molecular weight is 246 g/mol. The summed E-state index contributed by atoms with van der Waals surface area (Å²) in [6.07, 6.45) is 0.0884. The van der Waals surface area contributed by atoms with Crippen molar-refractivity contribution >= 4 is 0 Å². The first-order valence-electron chi connectivity index (χ1n) is 6.29. The Morgan fingerprint density at radius 3 is 3.11 bits per heavy atom. The van der Waals surface area contributed by atoms with Crippen LogP contribution in [-0.4, -0.2) is 43.9 Å². The monoisotopic (exact) mass is 246 g/mol. The second kappa shape index (κ2) is 6.39. The molecule has 1 heterocycles. The number of morpholine rings is 1. The second-order valence-electron chi connectivity index (χ2n) is 4.30. The van der Waals surface area contributed by atoms with Gasteiger partial charge < -0.3 is 9.47 Å². The molecule has 1 aliphatic rings. The van der Waals surface area contributed by atoms with Crippen LogP contribution in [0.3, 0.4) is 0 Å². The molecule has 2 rings (SSSR count). The third-order valence-electron chi connectivity index (χ3n) is 3.10. The Morgan fingerprint density at radius 2 is 2.33 bits per heavy atom. The maximum absolute atomic E-state index is 8.97. The van der Waals surface area contributed by atoms with E-state index in [1.54, 1.807) is 6.07 Å². The second-order valence-corrected chi connectivity index (χ2v) is 4.30. The molecule has 96 valence electrons. The van der Waals surface area contributed by atoms with E-state index in [4.69, 9.17) is 14.7 Å². The van der Waals surface area contributed by atoms with E-state index >= 15 is 0 Å². The van der Waals surface area contributed by atoms with Crippen molar-refractivity contribution in [2.24, 2.45) is 0 Å². The van der Waals surface area contributed by atoms with Crippen LogP contribution in [0, 0.1) is 11.3 Å². The number of hydrogen-bond acceptors (Lipinski definition) is 4. The molecular weight excluding hydrogens is 228 g/mol. The Bertz CT molecular complexity index is 428. The number of para-hydroxylation sites is 1. The van der Waals surface area contributed by atoms with Crippen molar-refractivity contribution in [3.63, 3.8) is 0 Å². The zero-order valence-electron chi connectivity index (χ0n) is 10.6. The molecule has 0 spiro atoms. The molecule has 0 radical (unpaired) electrons. The molecule has 1 saturated heterocycles. The molecule has 1 unspecified atom stereocenters.